The highest BCUT2D eigenvalue weighted by Gasteiger charge is 2.52. The molecule has 0 bridgehead atoms. The monoisotopic (exact) mass is 236 g/mol. The molecule has 3 N–H and O–H groups in total. The van der Waals surface area contributed by atoms with E-state index in [-0.39, 0.29) is 6.61 Å². The zero-order chi connectivity index (χ0) is 13.3. The SMILES string of the molecule is CC(C#C[C@@]1(O)C(C)=C[C@H](O)C1(C)C)=CCO. The van der Waals surface area contributed by atoms with Crippen molar-refractivity contribution >= 4 is 0 Å². The third-order valence-corrected chi connectivity index (χ3v) is 3.49. The summed E-state index contributed by atoms with van der Waals surface area (Å²) >= 11 is 0. The van der Waals surface area contributed by atoms with Gasteiger partial charge in [-0.1, -0.05) is 31.8 Å². The van der Waals surface area contributed by atoms with Gasteiger partial charge in [-0.2, -0.15) is 0 Å². The van der Waals surface area contributed by atoms with Gasteiger partial charge in [0.25, 0.3) is 0 Å². The lowest BCUT2D eigenvalue weighted by Crippen LogP contribution is -2.46. The molecule has 0 unspecified atom stereocenters. The summed E-state index contributed by atoms with van der Waals surface area (Å²) in [6.45, 7) is 7.02. The van der Waals surface area contributed by atoms with Gasteiger partial charge in [0.1, 0.15) is 0 Å². The van der Waals surface area contributed by atoms with Crippen molar-refractivity contribution in [1.82, 2.24) is 0 Å². The van der Waals surface area contributed by atoms with Crippen LogP contribution in [0.4, 0.5) is 0 Å². The molecule has 0 aliphatic heterocycles. The van der Waals surface area contributed by atoms with Crippen molar-refractivity contribution in [3.05, 3.63) is 23.3 Å². The number of aliphatic hydroxyl groups is 3. The summed E-state index contributed by atoms with van der Waals surface area (Å²) in [4.78, 5) is 0. The molecule has 0 heterocycles. The first kappa shape index (κ1) is 14.0. The molecule has 0 amide bonds. The molecule has 3 nitrogen and oxygen atoms in total. The maximum atomic E-state index is 10.6. The summed E-state index contributed by atoms with van der Waals surface area (Å²) in [5.74, 6) is 5.63. The van der Waals surface area contributed by atoms with Crippen LogP contribution < -0.4 is 0 Å². The summed E-state index contributed by atoms with van der Waals surface area (Å²) in [6, 6.07) is 0. The van der Waals surface area contributed by atoms with E-state index in [1.54, 1.807) is 39.8 Å². The van der Waals surface area contributed by atoms with Crippen LogP contribution in [0, 0.1) is 17.3 Å². The van der Waals surface area contributed by atoms with Gasteiger partial charge >= 0.3 is 0 Å². The second-order valence-corrected chi connectivity index (χ2v) is 5.05. The lowest BCUT2D eigenvalue weighted by atomic mass is 9.74. The van der Waals surface area contributed by atoms with Crippen molar-refractivity contribution in [2.45, 2.75) is 39.4 Å². The first-order chi connectivity index (χ1) is 7.75. The Labute approximate surface area is 102 Å². The fraction of sp³-hybridized carbons (Fsp3) is 0.571. The molecule has 1 aliphatic rings. The second-order valence-electron chi connectivity index (χ2n) is 5.05. The highest BCUT2D eigenvalue weighted by Crippen LogP contribution is 2.45. The molecule has 0 saturated heterocycles. The Morgan fingerprint density at radius 2 is 2.12 bits per heavy atom. The van der Waals surface area contributed by atoms with Gasteiger partial charge in [0.15, 0.2) is 5.60 Å². The topological polar surface area (TPSA) is 60.7 Å². The maximum absolute atomic E-state index is 10.6. The van der Waals surface area contributed by atoms with E-state index in [1.807, 2.05) is 0 Å². The summed E-state index contributed by atoms with van der Waals surface area (Å²) in [6.07, 6.45) is 2.51. The Kier molecular flexibility index (Phi) is 3.83. The minimum absolute atomic E-state index is 0.0697. The summed E-state index contributed by atoms with van der Waals surface area (Å²) in [7, 11) is 0. The molecule has 17 heavy (non-hydrogen) atoms. The maximum Gasteiger partial charge on any atom is 0.154 e. The average molecular weight is 236 g/mol. The molecule has 2 atom stereocenters. The first-order valence-electron chi connectivity index (χ1n) is 5.66. The van der Waals surface area contributed by atoms with Crippen molar-refractivity contribution in [2.75, 3.05) is 6.61 Å². The van der Waals surface area contributed by atoms with Crippen molar-refractivity contribution < 1.29 is 15.3 Å². The Hall–Kier alpha value is -1.08. The third-order valence-electron chi connectivity index (χ3n) is 3.49. The summed E-state index contributed by atoms with van der Waals surface area (Å²) < 4.78 is 0. The highest BCUT2D eigenvalue weighted by atomic mass is 16.3. The van der Waals surface area contributed by atoms with Crippen LogP contribution in [0.5, 0.6) is 0 Å². The van der Waals surface area contributed by atoms with Crippen LogP contribution in [0.25, 0.3) is 0 Å². The molecule has 0 aromatic heterocycles. The fourth-order valence-corrected chi connectivity index (χ4v) is 1.92. The average Bonchev–Trinajstić information content (AvgIpc) is 2.38. The van der Waals surface area contributed by atoms with Gasteiger partial charge in [0.2, 0.25) is 0 Å². The van der Waals surface area contributed by atoms with Crippen LogP contribution in [0.2, 0.25) is 0 Å². The van der Waals surface area contributed by atoms with E-state index >= 15 is 0 Å². The van der Waals surface area contributed by atoms with E-state index < -0.39 is 17.1 Å². The van der Waals surface area contributed by atoms with Gasteiger partial charge in [-0.05, 0) is 31.1 Å². The minimum Gasteiger partial charge on any atom is -0.392 e. The lowest BCUT2D eigenvalue weighted by Gasteiger charge is -2.36. The molecule has 0 saturated carbocycles. The quantitative estimate of drug-likeness (QED) is 0.470. The van der Waals surface area contributed by atoms with E-state index in [9.17, 15) is 10.2 Å². The second kappa shape index (κ2) is 4.66. The Bertz CT molecular complexity index is 420. The van der Waals surface area contributed by atoms with Gasteiger partial charge in [0, 0.05) is 5.41 Å². The molecule has 0 radical (unpaired) electrons. The Morgan fingerprint density at radius 1 is 1.53 bits per heavy atom. The highest BCUT2D eigenvalue weighted by molar-refractivity contribution is 5.44. The Morgan fingerprint density at radius 3 is 2.53 bits per heavy atom. The van der Waals surface area contributed by atoms with Crippen LogP contribution in [0.15, 0.2) is 23.3 Å². The molecule has 3 heteroatoms. The van der Waals surface area contributed by atoms with E-state index in [0.717, 1.165) is 0 Å². The van der Waals surface area contributed by atoms with Gasteiger partial charge in [-0.25, -0.2) is 0 Å². The zero-order valence-corrected chi connectivity index (χ0v) is 10.8. The van der Waals surface area contributed by atoms with E-state index in [4.69, 9.17) is 5.11 Å². The molecule has 0 fully saturated rings. The molecular weight excluding hydrogens is 216 g/mol. The largest absolute Gasteiger partial charge is 0.392 e. The molecular formula is C14H20O3. The Balaban J connectivity index is 3.11. The van der Waals surface area contributed by atoms with Crippen LogP contribution in [0.1, 0.15) is 27.7 Å². The molecule has 1 aliphatic carbocycles. The van der Waals surface area contributed by atoms with Crippen LogP contribution >= 0.6 is 0 Å². The molecule has 94 valence electrons. The summed E-state index contributed by atoms with van der Waals surface area (Å²) in [5, 5.41) is 29.2. The number of hydrogen-bond acceptors (Lipinski definition) is 3. The number of hydrogen-bond donors (Lipinski definition) is 3. The van der Waals surface area contributed by atoms with Gasteiger partial charge in [-0.15, -0.1) is 0 Å². The van der Waals surface area contributed by atoms with Crippen LogP contribution in [-0.4, -0.2) is 33.6 Å². The van der Waals surface area contributed by atoms with Crippen molar-refractivity contribution in [2.24, 2.45) is 5.41 Å². The van der Waals surface area contributed by atoms with Crippen LogP contribution in [0.3, 0.4) is 0 Å². The zero-order valence-electron chi connectivity index (χ0n) is 10.8. The van der Waals surface area contributed by atoms with E-state index in [2.05, 4.69) is 11.8 Å². The van der Waals surface area contributed by atoms with Gasteiger partial charge < -0.3 is 15.3 Å². The molecule has 0 aromatic rings. The molecule has 0 spiro atoms. The molecule has 0 aromatic carbocycles. The van der Waals surface area contributed by atoms with Gasteiger partial charge in [-0.3, -0.25) is 0 Å². The predicted molar refractivity (Wildman–Crippen MR) is 67.1 cm³/mol. The predicted octanol–water partition coefficient (Wildman–Crippen LogP) is 1.01. The first-order valence-corrected chi connectivity index (χ1v) is 5.66. The fourth-order valence-electron chi connectivity index (χ4n) is 1.92. The number of rotatable bonds is 1. The van der Waals surface area contributed by atoms with Crippen LogP contribution in [-0.2, 0) is 0 Å². The van der Waals surface area contributed by atoms with Gasteiger partial charge in [0.05, 0.1) is 12.7 Å². The third kappa shape index (κ3) is 2.30. The lowest BCUT2D eigenvalue weighted by molar-refractivity contribution is -0.0301. The van der Waals surface area contributed by atoms with Crippen molar-refractivity contribution in [3.63, 3.8) is 0 Å². The standard InChI is InChI=1S/C14H20O3/c1-10(6-8-15)5-7-14(17)11(2)9-12(16)13(14,3)4/h6,9,12,15-17H,8H2,1-4H3/t12-,14+/m0/s1. The number of allylic oxidation sites excluding steroid dienone is 1. The number of aliphatic hydroxyl groups excluding tert-OH is 2. The smallest absolute Gasteiger partial charge is 0.154 e. The van der Waals surface area contributed by atoms with E-state index in [0.29, 0.717) is 11.1 Å². The van der Waals surface area contributed by atoms with E-state index in [1.165, 1.54) is 0 Å². The van der Waals surface area contributed by atoms with Crippen molar-refractivity contribution in [1.29, 1.82) is 0 Å². The normalized spacial score (nSPS) is 31.8. The molecule has 1 rings (SSSR count). The van der Waals surface area contributed by atoms with Crippen molar-refractivity contribution in [3.8, 4) is 11.8 Å². The summed E-state index contributed by atoms with van der Waals surface area (Å²) in [5.41, 5.74) is -0.689. The minimum atomic E-state index is -1.32.